The summed E-state index contributed by atoms with van der Waals surface area (Å²) in [5.41, 5.74) is 0. The molecule has 0 saturated heterocycles. The van der Waals surface area contributed by atoms with Crippen molar-refractivity contribution in [3.8, 4) is 0 Å². The summed E-state index contributed by atoms with van der Waals surface area (Å²) in [5, 5.41) is 0. The van der Waals surface area contributed by atoms with Crippen LogP contribution in [0.3, 0.4) is 0 Å². The molecule has 2 unspecified atom stereocenters. The van der Waals surface area contributed by atoms with Gasteiger partial charge >= 0.3 is 0 Å². The van der Waals surface area contributed by atoms with Crippen LogP contribution in [0.15, 0.2) is 27.8 Å². The van der Waals surface area contributed by atoms with Crippen molar-refractivity contribution in [2.75, 3.05) is 0 Å². The summed E-state index contributed by atoms with van der Waals surface area (Å²) in [6.45, 7) is 3.81. The van der Waals surface area contributed by atoms with E-state index in [0.29, 0.717) is 4.47 Å². The van der Waals surface area contributed by atoms with E-state index in [-0.39, 0.29) is 15.8 Å². The zero-order chi connectivity index (χ0) is 13.1. The second-order valence-corrected chi connectivity index (χ2v) is 8.07. The molecule has 96 valence electrons. The molecule has 1 N–H and O–H groups in total. The average Bonchev–Trinajstić information content (AvgIpc) is 2.15. The number of hydrogen-bond acceptors (Lipinski definition) is 3. The number of alkyl halides is 1. The Balaban J connectivity index is 2.82. The summed E-state index contributed by atoms with van der Waals surface area (Å²) in [7, 11) is -3.49. The Labute approximate surface area is 119 Å². The van der Waals surface area contributed by atoms with E-state index < -0.39 is 10.0 Å². The summed E-state index contributed by atoms with van der Waals surface area (Å²) in [5.74, 6) is 0. The van der Waals surface area contributed by atoms with Crippen LogP contribution in [0.4, 0.5) is 0 Å². The first-order chi connectivity index (χ1) is 7.81. The van der Waals surface area contributed by atoms with Crippen LogP contribution in [-0.2, 0) is 10.0 Å². The van der Waals surface area contributed by atoms with Crippen LogP contribution in [0.5, 0.6) is 0 Å². The Morgan fingerprint density at radius 3 is 2.59 bits per heavy atom. The fourth-order valence-corrected chi connectivity index (χ4v) is 3.73. The van der Waals surface area contributed by atoms with Gasteiger partial charge in [-0.2, -0.15) is 0 Å². The molecule has 0 amide bonds. The smallest absolute Gasteiger partial charge is 0.242 e. The Morgan fingerprint density at radius 1 is 1.41 bits per heavy atom. The number of nitrogens with one attached hydrogen (secondary N) is 1. The molecule has 0 aliphatic heterocycles. The van der Waals surface area contributed by atoms with Gasteiger partial charge in [-0.3, -0.25) is 4.98 Å². The van der Waals surface area contributed by atoms with Crippen molar-refractivity contribution < 1.29 is 8.42 Å². The van der Waals surface area contributed by atoms with E-state index in [2.05, 4.69) is 41.6 Å². The quantitative estimate of drug-likeness (QED) is 0.792. The third kappa shape index (κ3) is 5.03. The summed E-state index contributed by atoms with van der Waals surface area (Å²) < 4.78 is 27.2. The van der Waals surface area contributed by atoms with Crippen LogP contribution in [0.25, 0.3) is 0 Å². The topological polar surface area (TPSA) is 59.1 Å². The molecule has 0 bridgehead atoms. The molecule has 0 aromatic carbocycles. The minimum Gasteiger partial charge on any atom is -0.262 e. The zero-order valence-corrected chi connectivity index (χ0v) is 13.5. The monoisotopic (exact) mass is 384 g/mol. The van der Waals surface area contributed by atoms with E-state index in [9.17, 15) is 8.42 Å². The SMILES string of the molecule is CC(Br)CC(C)NS(=O)(=O)c1cncc(Br)c1. The lowest BCUT2D eigenvalue weighted by atomic mass is 10.2. The molecular weight excluding hydrogens is 372 g/mol. The molecule has 1 heterocycles. The van der Waals surface area contributed by atoms with Gasteiger partial charge in [0.05, 0.1) is 0 Å². The van der Waals surface area contributed by atoms with Crippen LogP contribution in [0, 0.1) is 0 Å². The van der Waals surface area contributed by atoms with Gasteiger partial charge in [0.1, 0.15) is 4.90 Å². The molecule has 2 atom stereocenters. The van der Waals surface area contributed by atoms with Crippen molar-refractivity contribution >= 4 is 41.9 Å². The molecule has 0 aliphatic rings. The molecule has 17 heavy (non-hydrogen) atoms. The fraction of sp³-hybridized carbons (Fsp3) is 0.500. The van der Waals surface area contributed by atoms with Crippen molar-refractivity contribution in [2.45, 2.75) is 36.0 Å². The predicted octanol–water partition coefficient (Wildman–Crippen LogP) is 2.68. The molecule has 1 aromatic heterocycles. The zero-order valence-electron chi connectivity index (χ0n) is 9.52. The number of pyridine rings is 1. The number of nitrogens with zero attached hydrogens (tertiary/aromatic N) is 1. The lowest BCUT2D eigenvalue weighted by molar-refractivity contribution is 0.547. The minimum absolute atomic E-state index is 0.131. The van der Waals surface area contributed by atoms with E-state index in [1.54, 1.807) is 6.20 Å². The Morgan fingerprint density at radius 2 is 2.06 bits per heavy atom. The molecule has 7 heteroatoms. The first-order valence-corrected chi connectivity index (χ1v) is 8.27. The molecule has 0 saturated carbocycles. The van der Waals surface area contributed by atoms with E-state index >= 15 is 0 Å². The van der Waals surface area contributed by atoms with E-state index in [0.717, 1.165) is 6.42 Å². The minimum atomic E-state index is -3.49. The highest BCUT2D eigenvalue weighted by molar-refractivity contribution is 9.10. The van der Waals surface area contributed by atoms with Crippen LogP contribution in [0.1, 0.15) is 20.3 Å². The first kappa shape index (κ1) is 15.1. The van der Waals surface area contributed by atoms with Gasteiger partial charge in [0.15, 0.2) is 0 Å². The van der Waals surface area contributed by atoms with Crippen LogP contribution >= 0.6 is 31.9 Å². The van der Waals surface area contributed by atoms with Gasteiger partial charge in [0.25, 0.3) is 0 Å². The lowest BCUT2D eigenvalue weighted by Gasteiger charge is -2.15. The van der Waals surface area contributed by atoms with Gasteiger partial charge in [-0.15, -0.1) is 0 Å². The van der Waals surface area contributed by atoms with Gasteiger partial charge in [0, 0.05) is 27.7 Å². The Hall–Kier alpha value is 0.0200. The number of sulfonamides is 1. The van der Waals surface area contributed by atoms with Crippen LogP contribution in [0.2, 0.25) is 0 Å². The predicted molar refractivity (Wildman–Crippen MR) is 74.7 cm³/mol. The van der Waals surface area contributed by atoms with Gasteiger partial charge in [-0.05, 0) is 35.3 Å². The molecule has 0 spiro atoms. The third-order valence-electron chi connectivity index (χ3n) is 2.02. The molecule has 0 fully saturated rings. The van der Waals surface area contributed by atoms with Crippen LogP contribution in [-0.4, -0.2) is 24.3 Å². The summed E-state index contributed by atoms with van der Waals surface area (Å²) in [4.78, 5) is 4.28. The average molecular weight is 386 g/mol. The molecule has 4 nitrogen and oxygen atoms in total. The summed E-state index contributed by atoms with van der Waals surface area (Å²) in [6.07, 6.45) is 3.60. The van der Waals surface area contributed by atoms with Gasteiger partial charge in [-0.25, -0.2) is 13.1 Å². The van der Waals surface area contributed by atoms with Crippen LogP contribution < -0.4 is 4.72 Å². The van der Waals surface area contributed by atoms with Gasteiger partial charge in [0.2, 0.25) is 10.0 Å². The number of hydrogen-bond donors (Lipinski definition) is 1. The maximum atomic E-state index is 12.0. The second kappa shape index (κ2) is 6.26. The first-order valence-electron chi connectivity index (χ1n) is 5.08. The molecular formula is C10H14Br2N2O2S. The fourth-order valence-electron chi connectivity index (χ4n) is 1.41. The third-order valence-corrected chi connectivity index (χ3v) is 4.39. The lowest BCUT2D eigenvalue weighted by Crippen LogP contribution is -2.33. The maximum Gasteiger partial charge on any atom is 0.242 e. The van der Waals surface area contributed by atoms with Crippen molar-refractivity contribution in [1.29, 1.82) is 0 Å². The summed E-state index contributed by atoms with van der Waals surface area (Å²) >= 11 is 6.59. The molecule has 0 aliphatic carbocycles. The van der Waals surface area contributed by atoms with Gasteiger partial charge in [-0.1, -0.05) is 22.9 Å². The Bertz CT molecular complexity index is 477. The standard InChI is InChI=1S/C10H14Br2N2O2S/c1-7(11)3-8(2)14-17(15,16)10-4-9(12)5-13-6-10/h4-8,14H,3H2,1-2H3. The number of aromatic nitrogens is 1. The maximum absolute atomic E-state index is 12.0. The molecule has 1 aromatic rings. The summed E-state index contributed by atoms with van der Waals surface area (Å²) in [6, 6.07) is 1.40. The normalized spacial score (nSPS) is 15.5. The highest BCUT2D eigenvalue weighted by Gasteiger charge is 2.18. The van der Waals surface area contributed by atoms with Crippen molar-refractivity contribution in [1.82, 2.24) is 9.71 Å². The van der Waals surface area contributed by atoms with Gasteiger partial charge < -0.3 is 0 Å². The van der Waals surface area contributed by atoms with Crippen molar-refractivity contribution in [3.63, 3.8) is 0 Å². The molecule has 0 radical (unpaired) electrons. The highest BCUT2D eigenvalue weighted by atomic mass is 79.9. The molecule has 1 rings (SSSR count). The van der Waals surface area contributed by atoms with Crippen molar-refractivity contribution in [2.24, 2.45) is 0 Å². The number of halogens is 2. The second-order valence-electron chi connectivity index (χ2n) is 3.88. The number of rotatable bonds is 5. The van der Waals surface area contributed by atoms with E-state index in [4.69, 9.17) is 0 Å². The van der Waals surface area contributed by atoms with E-state index in [1.807, 2.05) is 13.8 Å². The van der Waals surface area contributed by atoms with E-state index in [1.165, 1.54) is 12.3 Å². The highest BCUT2D eigenvalue weighted by Crippen LogP contribution is 2.15. The Kier molecular flexibility index (Phi) is 5.56. The van der Waals surface area contributed by atoms with Crippen molar-refractivity contribution in [3.05, 3.63) is 22.9 Å². The largest absolute Gasteiger partial charge is 0.262 e.